The number of nitrogens with zero attached hydrogens (tertiary/aromatic N) is 3. The van der Waals surface area contributed by atoms with Crippen molar-refractivity contribution in [2.45, 2.75) is 50.7 Å². The molecule has 2 N–H and O–H groups in total. The summed E-state index contributed by atoms with van der Waals surface area (Å²) < 4.78 is 3.97. The lowest BCUT2D eigenvalue weighted by Gasteiger charge is -2.38. The van der Waals surface area contributed by atoms with Crippen LogP contribution in [0.25, 0.3) is 0 Å². The largest absolute Gasteiger partial charge is 0.348 e. The SMILES string of the molecule is Cc1cc(C(=O)N2[C@@H]3CC[C@H]2CC(NC(=O)c2ccns2)C3)n[nH]1. The van der Waals surface area contributed by atoms with E-state index in [-0.39, 0.29) is 29.9 Å². The van der Waals surface area contributed by atoms with Crippen molar-refractivity contribution in [3.8, 4) is 0 Å². The lowest BCUT2D eigenvalue weighted by atomic mass is 9.96. The molecule has 126 valence electrons. The molecule has 1 unspecified atom stereocenters. The minimum Gasteiger partial charge on any atom is -0.348 e. The van der Waals surface area contributed by atoms with Crippen LogP contribution in [0.1, 0.15) is 51.5 Å². The molecule has 0 aliphatic carbocycles. The van der Waals surface area contributed by atoms with E-state index in [1.54, 1.807) is 18.3 Å². The Morgan fingerprint density at radius 3 is 2.67 bits per heavy atom. The molecule has 8 heteroatoms. The first-order valence-electron chi connectivity index (χ1n) is 8.18. The molecule has 0 spiro atoms. The van der Waals surface area contributed by atoms with Gasteiger partial charge in [0, 0.05) is 30.0 Å². The van der Waals surface area contributed by atoms with Gasteiger partial charge in [0.1, 0.15) is 10.6 Å². The number of aromatic nitrogens is 3. The highest BCUT2D eigenvalue weighted by molar-refractivity contribution is 7.08. The number of rotatable bonds is 3. The van der Waals surface area contributed by atoms with Crippen molar-refractivity contribution in [3.05, 3.63) is 34.6 Å². The van der Waals surface area contributed by atoms with Gasteiger partial charge in [-0.1, -0.05) is 0 Å². The van der Waals surface area contributed by atoms with E-state index in [1.165, 1.54) is 11.5 Å². The van der Waals surface area contributed by atoms with E-state index in [0.29, 0.717) is 10.6 Å². The number of aromatic amines is 1. The standard InChI is InChI=1S/C16H19N5O2S/c1-9-6-13(20-19-9)16(23)21-11-2-3-12(21)8-10(7-11)18-15(22)14-4-5-17-24-14/h4-6,10-12H,2-3,7-8H2,1H3,(H,18,22)(H,19,20)/t10?,11-,12+. The monoisotopic (exact) mass is 345 g/mol. The van der Waals surface area contributed by atoms with Crippen LogP contribution in [0.3, 0.4) is 0 Å². The highest BCUT2D eigenvalue weighted by atomic mass is 32.1. The smallest absolute Gasteiger partial charge is 0.274 e. The highest BCUT2D eigenvalue weighted by Crippen LogP contribution is 2.36. The lowest BCUT2D eigenvalue weighted by molar-refractivity contribution is 0.0544. The maximum absolute atomic E-state index is 12.7. The molecule has 3 atom stereocenters. The van der Waals surface area contributed by atoms with Crippen LogP contribution in [-0.2, 0) is 0 Å². The number of carbonyl (C=O) groups excluding carboxylic acids is 2. The normalized spacial score (nSPS) is 25.7. The van der Waals surface area contributed by atoms with Crippen molar-refractivity contribution in [1.82, 2.24) is 24.8 Å². The van der Waals surface area contributed by atoms with Gasteiger partial charge in [-0.05, 0) is 56.3 Å². The Kier molecular flexibility index (Phi) is 3.84. The van der Waals surface area contributed by atoms with Crippen molar-refractivity contribution < 1.29 is 9.59 Å². The Balaban J connectivity index is 1.44. The summed E-state index contributed by atoms with van der Waals surface area (Å²) in [4.78, 5) is 27.6. The van der Waals surface area contributed by atoms with Gasteiger partial charge in [-0.25, -0.2) is 4.37 Å². The number of hydrogen-bond acceptors (Lipinski definition) is 5. The van der Waals surface area contributed by atoms with E-state index in [1.807, 2.05) is 11.8 Å². The molecule has 4 rings (SSSR count). The molecule has 2 aromatic heterocycles. The predicted molar refractivity (Wildman–Crippen MR) is 88.9 cm³/mol. The maximum Gasteiger partial charge on any atom is 0.274 e. The number of piperidine rings is 1. The van der Waals surface area contributed by atoms with Gasteiger partial charge in [-0.3, -0.25) is 14.7 Å². The Hall–Kier alpha value is -2.22. The third-order valence-electron chi connectivity index (χ3n) is 4.89. The van der Waals surface area contributed by atoms with Crippen molar-refractivity contribution in [2.75, 3.05) is 0 Å². The second kappa shape index (κ2) is 6.01. The molecule has 24 heavy (non-hydrogen) atoms. The number of aryl methyl sites for hydroxylation is 1. The molecule has 2 aliphatic rings. The van der Waals surface area contributed by atoms with Crippen LogP contribution in [0, 0.1) is 6.92 Å². The summed E-state index contributed by atoms with van der Waals surface area (Å²) in [6, 6.07) is 3.99. The zero-order valence-electron chi connectivity index (χ0n) is 13.4. The summed E-state index contributed by atoms with van der Waals surface area (Å²) in [5.41, 5.74) is 1.37. The molecular formula is C16H19N5O2S. The van der Waals surface area contributed by atoms with Crippen molar-refractivity contribution in [2.24, 2.45) is 0 Å². The van der Waals surface area contributed by atoms with Crippen molar-refractivity contribution >= 4 is 23.3 Å². The van der Waals surface area contributed by atoms with E-state index >= 15 is 0 Å². The van der Waals surface area contributed by atoms with E-state index in [0.717, 1.165) is 31.4 Å². The molecule has 7 nitrogen and oxygen atoms in total. The minimum absolute atomic E-state index is 0.000849. The van der Waals surface area contributed by atoms with Crippen molar-refractivity contribution in [3.63, 3.8) is 0 Å². The fraction of sp³-hybridized carbons (Fsp3) is 0.500. The third-order valence-corrected chi connectivity index (χ3v) is 5.63. The molecule has 2 saturated heterocycles. The average Bonchev–Trinajstić information content (AvgIpc) is 3.27. The lowest BCUT2D eigenvalue weighted by Crippen LogP contribution is -2.52. The number of nitrogens with one attached hydrogen (secondary N) is 2. The molecular weight excluding hydrogens is 326 g/mol. The summed E-state index contributed by atoms with van der Waals surface area (Å²) in [5.74, 6) is -0.0660. The molecule has 2 bridgehead atoms. The summed E-state index contributed by atoms with van der Waals surface area (Å²) in [7, 11) is 0. The van der Waals surface area contributed by atoms with Crippen LogP contribution in [0.2, 0.25) is 0 Å². The highest BCUT2D eigenvalue weighted by Gasteiger charge is 2.44. The topological polar surface area (TPSA) is 91.0 Å². The second-order valence-electron chi connectivity index (χ2n) is 6.55. The Morgan fingerprint density at radius 2 is 2.08 bits per heavy atom. The Morgan fingerprint density at radius 1 is 1.33 bits per heavy atom. The van der Waals surface area contributed by atoms with Crippen LogP contribution in [0.15, 0.2) is 18.3 Å². The summed E-state index contributed by atoms with van der Waals surface area (Å²) in [6.45, 7) is 1.89. The Bertz CT molecular complexity index is 742. The van der Waals surface area contributed by atoms with Gasteiger partial charge >= 0.3 is 0 Å². The van der Waals surface area contributed by atoms with E-state index < -0.39 is 0 Å². The molecule has 0 saturated carbocycles. The first-order valence-corrected chi connectivity index (χ1v) is 8.95. The van der Waals surface area contributed by atoms with Gasteiger partial charge in [0.2, 0.25) is 0 Å². The average molecular weight is 345 g/mol. The molecule has 2 amide bonds. The van der Waals surface area contributed by atoms with Gasteiger partial charge < -0.3 is 10.2 Å². The number of carbonyl (C=O) groups is 2. The Labute approximate surface area is 143 Å². The molecule has 2 fully saturated rings. The molecule has 0 aromatic carbocycles. The fourth-order valence-electron chi connectivity index (χ4n) is 3.88. The minimum atomic E-state index is -0.0652. The summed E-state index contributed by atoms with van der Waals surface area (Å²) >= 11 is 1.20. The van der Waals surface area contributed by atoms with Crippen LogP contribution < -0.4 is 5.32 Å². The second-order valence-corrected chi connectivity index (χ2v) is 7.39. The van der Waals surface area contributed by atoms with Gasteiger partial charge in [-0.2, -0.15) is 5.10 Å². The van der Waals surface area contributed by atoms with Gasteiger partial charge in [0.25, 0.3) is 11.8 Å². The van der Waals surface area contributed by atoms with Crippen LogP contribution >= 0.6 is 11.5 Å². The van der Waals surface area contributed by atoms with Crippen LogP contribution in [0.5, 0.6) is 0 Å². The quantitative estimate of drug-likeness (QED) is 0.886. The number of hydrogen-bond donors (Lipinski definition) is 2. The van der Waals surface area contributed by atoms with Gasteiger partial charge in [0.15, 0.2) is 0 Å². The van der Waals surface area contributed by atoms with Crippen molar-refractivity contribution in [1.29, 1.82) is 0 Å². The zero-order chi connectivity index (χ0) is 16.7. The van der Waals surface area contributed by atoms with Gasteiger partial charge in [0.05, 0.1) is 0 Å². The predicted octanol–water partition coefficient (Wildman–Crippen LogP) is 1.74. The third kappa shape index (κ3) is 2.71. The van der Waals surface area contributed by atoms with E-state index in [9.17, 15) is 9.59 Å². The first-order chi connectivity index (χ1) is 11.6. The van der Waals surface area contributed by atoms with Gasteiger partial charge in [-0.15, -0.1) is 0 Å². The fourth-order valence-corrected chi connectivity index (χ4v) is 4.37. The number of fused-ring (bicyclic) bond motifs is 2. The number of H-pyrrole nitrogens is 1. The molecule has 2 aliphatic heterocycles. The van der Waals surface area contributed by atoms with E-state index in [4.69, 9.17) is 0 Å². The molecule has 0 radical (unpaired) electrons. The summed E-state index contributed by atoms with van der Waals surface area (Å²) in [6.07, 6.45) is 5.22. The zero-order valence-corrected chi connectivity index (χ0v) is 14.2. The van der Waals surface area contributed by atoms with Crippen LogP contribution in [0.4, 0.5) is 0 Å². The maximum atomic E-state index is 12.7. The van der Waals surface area contributed by atoms with Crippen LogP contribution in [-0.4, -0.2) is 49.4 Å². The summed E-state index contributed by atoms with van der Waals surface area (Å²) in [5, 5.41) is 10.0. The number of amides is 2. The molecule has 2 aromatic rings. The van der Waals surface area contributed by atoms with E-state index in [2.05, 4.69) is 19.9 Å². The molecule has 4 heterocycles. The first kappa shape index (κ1) is 15.3.